The zero-order chi connectivity index (χ0) is 17.9. The van der Waals surface area contributed by atoms with E-state index in [2.05, 4.69) is 4.72 Å². The second kappa shape index (κ2) is 7.06. The van der Waals surface area contributed by atoms with Crippen molar-refractivity contribution >= 4 is 33.0 Å². The first-order valence-corrected chi connectivity index (χ1v) is 8.81. The SMILES string of the molecule is CCOc1ccc(Cl)cc1S(=O)(=O)Nc1ccc([N+](=O)[O-])cc1C. The zero-order valence-corrected chi connectivity index (χ0v) is 14.5. The molecule has 24 heavy (non-hydrogen) atoms. The van der Waals surface area contributed by atoms with Crippen molar-refractivity contribution in [3.8, 4) is 5.75 Å². The van der Waals surface area contributed by atoms with Crippen LogP contribution in [-0.4, -0.2) is 19.9 Å². The maximum absolute atomic E-state index is 12.6. The van der Waals surface area contributed by atoms with Gasteiger partial charge in [-0.2, -0.15) is 0 Å². The van der Waals surface area contributed by atoms with E-state index in [4.69, 9.17) is 16.3 Å². The summed E-state index contributed by atoms with van der Waals surface area (Å²) in [7, 11) is -3.97. The molecule has 0 aliphatic heterocycles. The highest BCUT2D eigenvalue weighted by Gasteiger charge is 2.22. The minimum atomic E-state index is -3.97. The molecule has 0 bridgehead atoms. The van der Waals surface area contributed by atoms with Crippen molar-refractivity contribution in [2.45, 2.75) is 18.7 Å². The molecular weight excluding hydrogens is 356 g/mol. The van der Waals surface area contributed by atoms with Crippen LogP contribution in [0.25, 0.3) is 0 Å². The Bertz CT molecular complexity index is 883. The Hall–Kier alpha value is -2.32. The molecule has 0 aliphatic rings. The van der Waals surface area contributed by atoms with Crippen LogP contribution >= 0.6 is 11.6 Å². The fourth-order valence-electron chi connectivity index (χ4n) is 2.04. The lowest BCUT2D eigenvalue weighted by atomic mass is 10.2. The van der Waals surface area contributed by atoms with Gasteiger partial charge in [0.2, 0.25) is 0 Å². The summed E-state index contributed by atoms with van der Waals surface area (Å²) in [6, 6.07) is 8.16. The third kappa shape index (κ3) is 3.95. The summed E-state index contributed by atoms with van der Waals surface area (Å²) < 4.78 is 33.0. The molecule has 0 fully saturated rings. The number of halogens is 1. The highest BCUT2D eigenvalue weighted by atomic mass is 35.5. The predicted octanol–water partition coefficient (Wildman–Crippen LogP) is 3.76. The lowest BCUT2D eigenvalue weighted by Crippen LogP contribution is -2.15. The van der Waals surface area contributed by atoms with Crippen LogP contribution in [0.4, 0.5) is 11.4 Å². The van der Waals surface area contributed by atoms with E-state index in [1.54, 1.807) is 13.8 Å². The lowest BCUT2D eigenvalue weighted by Gasteiger charge is -2.14. The molecule has 7 nitrogen and oxygen atoms in total. The smallest absolute Gasteiger partial charge is 0.269 e. The second-order valence-corrected chi connectivity index (χ2v) is 6.97. The first kappa shape index (κ1) is 18.0. The van der Waals surface area contributed by atoms with E-state index >= 15 is 0 Å². The van der Waals surface area contributed by atoms with Crippen molar-refractivity contribution in [2.24, 2.45) is 0 Å². The summed E-state index contributed by atoms with van der Waals surface area (Å²) in [5.74, 6) is 0.175. The molecule has 0 heterocycles. The Kier molecular flexibility index (Phi) is 5.30. The monoisotopic (exact) mass is 370 g/mol. The minimum absolute atomic E-state index is 0.102. The summed E-state index contributed by atoms with van der Waals surface area (Å²) in [4.78, 5) is 10.1. The molecule has 0 aromatic heterocycles. The Morgan fingerprint density at radius 3 is 2.54 bits per heavy atom. The van der Waals surface area contributed by atoms with Gasteiger partial charge in [0.25, 0.3) is 15.7 Å². The van der Waals surface area contributed by atoms with Gasteiger partial charge in [0.1, 0.15) is 10.6 Å². The molecule has 0 atom stereocenters. The summed E-state index contributed by atoms with van der Waals surface area (Å²) in [5.41, 5.74) is 0.545. The summed E-state index contributed by atoms with van der Waals surface area (Å²) >= 11 is 5.89. The molecule has 0 unspecified atom stereocenters. The van der Waals surface area contributed by atoms with E-state index < -0.39 is 14.9 Å². The number of nitro benzene ring substituents is 1. The van der Waals surface area contributed by atoms with Crippen molar-refractivity contribution in [2.75, 3.05) is 11.3 Å². The van der Waals surface area contributed by atoms with Gasteiger partial charge in [-0.15, -0.1) is 0 Å². The largest absolute Gasteiger partial charge is 0.492 e. The van der Waals surface area contributed by atoms with Gasteiger partial charge < -0.3 is 4.74 Å². The van der Waals surface area contributed by atoms with Crippen LogP contribution in [0.15, 0.2) is 41.3 Å². The summed E-state index contributed by atoms with van der Waals surface area (Å²) in [6.45, 7) is 3.60. The number of anilines is 1. The predicted molar refractivity (Wildman–Crippen MR) is 91.3 cm³/mol. The fourth-order valence-corrected chi connectivity index (χ4v) is 3.58. The van der Waals surface area contributed by atoms with E-state index in [-0.39, 0.29) is 27.0 Å². The van der Waals surface area contributed by atoms with Crippen LogP contribution in [-0.2, 0) is 10.0 Å². The second-order valence-electron chi connectivity index (χ2n) is 4.89. The van der Waals surface area contributed by atoms with Crippen molar-refractivity contribution in [1.82, 2.24) is 0 Å². The standard InChI is InChI=1S/C15H15ClN2O5S/c1-3-23-14-7-4-11(16)9-15(14)24(21,22)17-13-6-5-12(18(19)20)8-10(13)2/h4-9,17H,3H2,1-2H3. The van der Waals surface area contributed by atoms with Crippen molar-refractivity contribution in [1.29, 1.82) is 0 Å². The van der Waals surface area contributed by atoms with E-state index in [1.165, 1.54) is 36.4 Å². The normalized spacial score (nSPS) is 11.1. The number of nitro groups is 1. The molecule has 2 aromatic rings. The molecule has 0 saturated heterocycles. The molecule has 0 radical (unpaired) electrons. The van der Waals surface area contributed by atoms with Gasteiger partial charge in [0, 0.05) is 17.2 Å². The number of sulfonamides is 1. The summed E-state index contributed by atoms with van der Waals surface area (Å²) in [5, 5.41) is 11.0. The first-order chi connectivity index (χ1) is 11.2. The van der Waals surface area contributed by atoms with Crippen molar-refractivity contribution in [3.63, 3.8) is 0 Å². The molecule has 0 saturated carbocycles. The zero-order valence-electron chi connectivity index (χ0n) is 12.9. The number of nitrogens with zero attached hydrogens (tertiary/aromatic N) is 1. The molecule has 0 amide bonds. The van der Waals surface area contributed by atoms with E-state index in [0.717, 1.165) is 0 Å². The van der Waals surface area contributed by atoms with Crippen LogP contribution in [0.3, 0.4) is 0 Å². The van der Waals surface area contributed by atoms with Gasteiger partial charge >= 0.3 is 0 Å². The molecule has 1 N–H and O–H groups in total. The topological polar surface area (TPSA) is 98.5 Å². The number of aryl methyl sites for hydroxylation is 1. The highest BCUT2D eigenvalue weighted by Crippen LogP contribution is 2.30. The van der Waals surface area contributed by atoms with Crippen LogP contribution in [0.5, 0.6) is 5.75 Å². The van der Waals surface area contributed by atoms with Crippen LogP contribution in [0.2, 0.25) is 5.02 Å². The van der Waals surface area contributed by atoms with Gasteiger partial charge in [0.15, 0.2) is 0 Å². The average Bonchev–Trinajstić information content (AvgIpc) is 2.51. The van der Waals surface area contributed by atoms with Gasteiger partial charge in [-0.25, -0.2) is 8.42 Å². The number of non-ortho nitro benzene ring substituents is 1. The number of hydrogen-bond acceptors (Lipinski definition) is 5. The van der Waals surface area contributed by atoms with Crippen molar-refractivity contribution in [3.05, 3.63) is 57.1 Å². The number of benzene rings is 2. The summed E-state index contributed by atoms with van der Waals surface area (Å²) in [6.07, 6.45) is 0. The van der Waals surface area contributed by atoms with Crippen LogP contribution in [0, 0.1) is 17.0 Å². The Balaban J connectivity index is 2.42. The number of ether oxygens (including phenoxy) is 1. The molecular formula is C15H15ClN2O5S. The molecule has 0 spiro atoms. The van der Waals surface area contributed by atoms with E-state index in [1.807, 2.05) is 0 Å². The quantitative estimate of drug-likeness (QED) is 0.616. The van der Waals surface area contributed by atoms with Gasteiger partial charge in [-0.05, 0) is 43.7 Å². The van der Waals surface area contributed by atoms with Crippen LogP contribution in [0.1, 0.15) is 12.5 Å². The van der Waals surface area contributed by atoms with Crippen LogP contribution < -0.4 is 9.46 Å². The molecule has 9 heteroatoms. The Morgan fingerprint density at radius 2 is 1.96 bits per heavy atom. The third-order valence-electron chi connectivity index (χ3n) is 3.16. The highest BCUT2D eigenvalue weighted by molar-refractivity contribution is 7.92. The Labute approximate surface area is 144 Å². The van der Waals surface area contributed by atoms with Crippen molar-refractivity contribution < 1.29 is 18.1 Å². The minimum Gasteiger partial charge on any atom is -0.492 e. The molecule has 128 valence electrons. The first-order valence-electron chi connectivity index (χ1n) is 6.95. The third-order valence-corrected chi connectivity index (χ3v) is 4.78. The number of hydrogen-bond donors (Lipinski definition) is 1. The molecule has 2 rings (SSSR count). The molecule has 0 aliphatic carbocycles. The number of rotatable bonds is 6. The van der Waals surface area contributed by atoms with E-state index in [0.29, 0.717) is 12.2 Å². The number of nitrogens with one attached hydrogen (secondary N) is 1. The van der Waals surface area contributed by atoms with Gasteiger partial charge in [-0.1, -0.05) is 11.6 Å². The van der Waals surface area contributed by atoms with Gasteiger partial charge in [-0.3, -0.25) is 14.8 Å². The maximum Gasteiger partial charge on any atom is 0.269 e. The maximum atomic E-state index is 12.6. The Morgan fingerprint density at radius 1 is 1.25 bits per heavy atom. The average molecular weight is 371 g/mol. The van der Waals surface area contributed by atoms with E-state index in [9.17, 15) is 18.5 Å². The van der Waals surface area contributed by atoms with Gasteiger partial charge in [0.05, 0.1) is 17.2 Å². The fraction of sp³-hybridized carbons (Fsp3) is 0.200. The molecule has 2 aromatic carbocycles. The lowest BCUT2D eigenvalue weighted by molar-refractivity contribution is -0.384.